The van der Waals surface area contributed by atoms with E-state index in [1.165, 1.54) is 12.8 Å². The van der Waals surface area contributed by atoms with Gasteiger partial charge in [0.05, 0.1) is 18.2 Å². The monoisotopic (exact) mass is 335 g/mol. The summed E-state index contributed by atoms with van der Waals surface area (Å²) in [6.07, 6.45) is 6.20. The highest BCUT2D eigenvalue weighted by molar-refractivity contribution is 5.75. The third kappa shape index (κ3) is 3.92. The van der Waals surface area contributed by atoms with Crippen LogP contribution in [0.5, 0.6) is 0 Å². The summed E-state index contributed by atoms with van der Waals surface area (Å²) in [5.41, 5.74) is -0.436. The van der Waals surface area contributed by atoms with Gasteiger partial charge < -0.3 is 20.2 Å². The van der Waals surface area contributed by atoms with Gasteiger partial charge in [0, 0.05) is 6.54 Å². The van der Waals surface area contributed by atoms with E-state index in [-0.39, 0.29) is 18.7 Å². The van der Waals surface area contributed by atoms with Crippen molar-refractivity contribution < 1.29 is 14.3 Å². The van der Waals surface area contributed by atoms with Crippen molar-refractivity contribution in [3.63, 3.8) is 0 Å². The molecule has 0 bridgehead atoms. The van der Waals surface area contributed by atoms with Crippen LogP contribution >= 0.6 is 0 Å². The Morgan fingerprint density at radius 2 is 2.00 bits per heavy atom. The number of aliphatic hydroxyl groups excluding tert-OH is 1. The predicted octanol–water partition coefficient (Wildman–Crippen LogP) is 2.33. The predicted molar refractivity (Wildman–Crippen MR) is 91.8 cm³/mol. The van der Waals surface area contributed by atoms with Gasteiger partial charge in [0.1, 0.15) is 11.5 Å². The molecule has 3 rings (SSSR count). The van der Waals surface area contributed by atoms with Crippen LogP contribution < -0.4 is 10.6 Å². The van der Waals surface area contributed by atoms with E-state index in [9.17, 15) is 9.90 Å². The lowest BCUT2D eigenvalue weighted by atomic mass is 9.99. The molecule has 0 aromatic carbocycles. The van der Waals surface area contributed by atoms with Crippen molar-refractivity contribution in [2.45, 2.75) is 57.0 Å². The van der Waals surface area contributed by atoms with E-state index in [1.807, 2.05) is 19.1 Å². The highest BCUT2D eigenvalue weighted by atomic mass is 16.3. The first kappa shape index (κ1) is 17.3. The molecule has 1 saturated heterocycles. The summed E-state index contributed by atoms with van der Waals surface area (Å²) in [5, 5.41) is 15.6. The van der Waals surface area contributed by atoms with Gasteiger partial charge in [0.15, 0.2) is 0 Å². The molecule has 1 unspecified atom stereocenters. The number of aliphatic hydroxyl groups is 1. The maximum atomic E-state index is 12.3. The van der Waals surface area contributed by atoms with Gasteiger partial charge in [-0.15, -0.1) is 0 Å². The maximum absolute atomic E-state index is 12.3. The molecule has 1 aromatic rings. The molecule has 2 fully saturated rings. The van der Waals surface area contributed by atoms with Gasteiger partial charge in [-0.3, -0.25) is 4.90 Å². The maximum Gasteiger partial charge on any atom is 0.315 e. The van der Waals surface area contributed by atoms with Gasteiger partial charge in [-0.05, 0) is 57.8 Å². The second kappa shape index (κ2) is 7.57. The second-order valence-corrected chi connectivity index (χ2v) is 7.19. The smallest absolute Gasteiger partial charge is 0.315 e. The zero-order chi connectivity index (χ0) is 17.0. The van der Waals surface area contributed by atoms with Crippen LogP contribution in [0.15, 0.2) is 16.5 Å². The number of nitrogens with one attached hydrogen (secondary N) is 2. The average molecular weight is 335 g/mol. The zero-order valence-corrected chi connectivity index (χ0v) is 14.5. The first-order valence-electron chi connectivity index (χ1n) is 9.09. The van der Waals surface area contributed by atoms with E-state index in [1.54, 1.807) is 0 Å². The first-order valence-corrected chi connectivity index (χ1v) is 9.09. The summed E-state index contributed by atoms with van der Waals surface area (Å²) < 4.78 is 5.81. The summed E-state index contributed by atoms with van der Waals surface area (Å²) in [4.78, 5) is 14.7. The van der Waals surface area contributed by atoms with E-state index in [4.69, 9.17) is 4.42 Å². The average Bonchev–Trinajstić information content (AvgIpc) is 3.30. The Bertz CT molecular complexity index is 545. The number of aryl methyl sites for hydroxylation is 1. The Labute approximate surface area is 143 Å². The number of nitrogens with zero attached hydrogens (tertiary/aromatic N) is 1. The van der Waals surface area contributed by atoms with Crippen molar-refractivity contribution in [1.29, 1.82) is 0 Å². The minimum Gasteiger partial charge on any atom is -0.465 e. The number of likely N-dealkylation sites (tertiary alicyclic amines) is 1. The lowest BCUT2D eigenvalue weighted by Crippen LogP contribution is -2.53. The third-order valence-electron chi connectivity index (χ3n) is 5.37. The number of hydrogen-bond donors (Lipinski definition) is 3. The molecule has 24 heavy (non-hydrogen) atoms. The molecule has 6 heteroatoms. The van der Waals surface area contributed by atoms with Crippen molar-refractivity contribution in [2.75, 3.05) is 26.2 Å². The van der Waals surface area contributed by atoms with Crippen molar-refractivity contribution >= 4 is 6.03 Å². The topological polar surface area (TPSA) is 77.7 Å². The van der Waals surface area contributed by atoms with Crippen LogP contribution in [0.25, 0.3) is 0 Å². The molecule has 0 radical (unpaired) electrons. The third-order valence-corrected chi connectivity index (χ3v) is 5.37. The van der Waals surface area contributed by atoms with Gasteiger partial charge in [-0.2, -0.15) is 0 Å². The van der Waals surface area contributed by atoms with Gasteiger partial charge >= 0.3 is 6.03 Å². The van der Waals surface area contributed by atoms with E-state index < -0.39 is 5.54 Å². The van der Waals surface area contributed by atoms with Gasteiger partial charge in [-0.25, -0.2) is 4.79 Å². The standard InChI is InChI=1S/C18H29N3O3/c1-14-6-7-16(24-14)15(21-10-4-5-11-21)12-19-17(23)20-18(13-22)8-2-3-9-18/h6-7,15,22H,2-5,8-13H2,1H3,(H2,19,20,23). The Hall–Kier alpha value is -1.53. The minimum absolute atomic E-state index is 0.00729. The largest absolute Gasteiger partial charge is 0.465 e. The van der Waals surface area contributed by atoms with Crippen LogP contribution in [0.3, 0.4) is 0 Å². The van der Waals surface area contributed by atoms with Crippen molar-refractivity contribution in [3.8, 4) is 0 Å². The summed E-state index contributed by atoms with van der Waals surface area (Å²) in [6.45, 7) is 4.53. The van der Waals surface area contributed by atoms with Crippen LogP contribution in [-0.2, 0) is 0 Å². The molecular weight excluding hydrogens is 306 g/mol. The molecule has 1 aromatic heterocycles. The fourth-order valence-electron chi connectivity index (χ4n) is 3.94. The lowest BCUT2D eigenvalue weighted by Gasteiger charge is -2.30. The fraction of sp³-hybridized carbons (Fsp3) is 0.722. The number of amides is 2. The first-order chi connectivity index (χ1) is 11.6. The molecule has 134 valence electrons. The summed E-state index contributed by atoms with van der Waals surface area (Å²) >= 11 is 0. The minimum atomic E-state index is -0.436. The van der Waals surface area contributed by atoms with Gasteiger partial charge in [0.25, 0.3) is 0 Å². The molecule has 2 heterocycles. The second-order valence-electron chi connectivity index (χ2n) is 7.19. The number of urea groups is 1. The highest BCUT2D eigenvalue weighted by Gasteiger charge is 2.35. The van der Waals surface area contributed by atoms with Gasteiger partial charge in [0.2, 0.25) is 0 Å². The van der Waals surface area contributed by atoms with Crippen molar-refractivity contribution in [1.82, 2.24) is 15.5 Å². The van der Waals surface area contributed by atoms with Crippen LogP contribution in [0.2, 0.25) is 0 Å². The Morgan fingerprint density at radius 3 is 2.58 bits per heavy atom. The number of carbonyl (C=O) groups excluding carboxylic acids is 1. The summed E-state index contributed by atoms with van der Waals surface area (Å²) in [7, 11) is 0. The fourth-order valence-corrected chi connectivity index (χ4v) is 3.94. The van der Waals surface area contributed by atoms with Gasteiger partial charge in [-0.1, -0.05) is 12.8 Å². The molecule has 2 amide bonds. The Morgan fingerprint density at radius 1 is 1.29 bits per heavy atom. The van der Waals surface area contributed by atoms with E-state index >= 15 is 0 Å². The molecule has 1 atom stereocenters. The quantitative estimate of drug-likeness (QED) is 0.746. The molecule has 1 aliphatic carbocycles. The molecule has 1 saturated carbocycles. The molecule has 6 nitrogen and oxygen atoms in total. The molecule has 1 aliphatic heterocycles. The van der Waals surface area contributed by atoms with Crippen LogP contribution in [-0.4, -0.2) is 47.8 Å². The van der Waals surface area contributed by atoms with Crippen molar-refractivity contribution in [2.24, 2.45) is 0 Å². The SMILES string of the molecule is Cc1ccc(C(CNC(=O)NC2(CO)CCCC2)N2CCCC2)o1. The lowest BCUT2D eigenvalue weighted by molar-refractivity contribution is 0.159. The number of carbonyl (C=O) groups is 1. The number of rotatable bonds is 6. The normalized spacial score (nSPS) is 21.8. The number of furan rings is 1. The highest BCUT2D eigenvalue weighted by Crippen LogP contribution is 2.29. The summed E-state index contributed by atoms with van der Waals surface area (Å²) in [5.74, 6) is 1.80. The van der Waals surface area contributed by atoms with E-state index in [0.717, 1.165) is 50.3 Å². The molecule has 2 aliphatic rings. The van der Waals surface area contributed by atoms with Crippen LogP contribution in [0.4, 0.5) is 4.79 Å². The van der Waals surface area contributed by atoms with E-state index in [2.05, 4.69) is 15.5 Å². The van der Waals surface area contributed by atoms with Crippen molar-refractivity contribution in [3.05, 3.63) is 23.7 Å². The number of hydrogen-bond acceptors (Lipinski definition) is 4. The Balaban J connectivity index is 1.59. The molecule has 3 N–H and O–H groups in total. The summed E-state index contributed by atoms with van der Waals surface area (Å²) in [6, 6.07) is 3.85. The Kier molecular flexibility index (Phi) is 5.46. The zero-order valence-electron chi connectivity index (χ0n) is 14.5. The van der Waals surface area contributed by atoms with Crippen LogP contribution in [0.1, 0.15) is 56.1 Å². The van der Waals surface area contributed by atoms with E-state index in [0.29, 0.717) is 6.54 Å². The molecular formula is C18H29N3O3. The van der Waals surface area contributed by atoms with Crippen LogP contribution in [0, 0.1) is 6.92 Å². The molecule has 0 spiro atoms.